The van der Waals surface area contributed by atoms with E-state index in [1.54, 1.807) is 17.0 Å². The molecule has 1 saturated heterocycles. The van der Waals surface area contributed by atoms with Crippen molar-refractivity contribution in [3.63, 3.8) is 0 Å². The topological polar surface area (TPSA) is 60.9 Å². The van der Waals surface area contributed by atoms with Gasteiger partial charge >= 0.3 is 0 Å². The van der Waals surface area contributed by atoms with Crippen molar-refractivity contribution in [2.45, 2.75) is 13.0 Å². The lowest BCUT2D eigenvalue weighted by molar-refractivity contribution is -0.131. The van der Waals surface area contributed by atoms with Crippen LogP contribution in [0.4, 0.5) is 5.69 Å². The molecule has 4 rings (SSSR count). The average Bonchev–Trinajstić information content (AvgIpc) is 2.84. The summed E-state index contributed by atoms with van der Waals surface area (Å²) in [5, 5.41) is 0. The van der Waals surface area contributed by atoms with Gasteiger partial charge in [0, 0.05) is 26.2 Å². The standard InChI is InChI=1S/C27H31N3O3S/c1-22-11-9-10-16-25(22)30(34(2,32)33)21-26(31)28-17-19-29(20-18-28)27(23-12-5-3-6-13-23)24-14-7-4-8-15-24/h3-16,27H,17-21H2,1-2H3. The summed E-state index contributed by atoms with van der Waals surface area (Å²) >= 11 is 0. The van der Waals surface area contributed by atoms with Gasteiger partial charge in [-0.1, -0.05) is 78.9 Å². The molecular weight excluding hydrogens is 446 g/mol. The van der Waals surface area contributed by atoms with Crippen molar-refractivity contribution in [3.05, 3.63) is 102 Å². The molecule has 0 saturated carbocycles. The quantitative estimate of drug-likeness (QED) is 0.521. The first-order valence-electron chi connectivity index (χ1n) is 11.5. The van der Waals surface area contributed by atoms with Crippen LogP contribution in [-0.4, -0.2) is 63.1 Å². The van der Waals surface area contributed by atoms with Gasteiger partial charge in [0.1, 0.15) is 6.54 Å². The Balaban J connectivity index is 1.48. The van der Waals surface area contributed by atoms with Crippen molar-refractivity contribution in [2.75, 3.05) is 43.3 Å². The third-order valence-corrected chi connectivity index (χ3v) is 7.45. The van der Waals surface area contributed by atoms with E-state index in [9.17, 15) is 13.2 Å². The molecule has 1 aliphatic heterocycles. The van der Waals surface area contributed by atoms with Crippen LogP contribution in [0.2, 0.25) is 0 Å². The molecule has 0 bridgehead atoms. The van der Waals surface area contributed by atoms with E-state index in [0.29, 0.717) is 31.9 Å². The smallest absolute Gasteiger partial charge is 0.243 e. The number of amides is 1. The van der Waals surface area contributed by atoms with E-state index in [4.69, 9.17) is 0 Å². The second-order valence-electron chi connectivity index (χ2n) is 8.70. The Bertz CT molecular complexity index is 1170. The predicted octanol–water partition coefficient (Wildman–Crippen LogP) is 3.69. The number of hydrogen-bond donors (Lipinski definition) is 0. The van der Waals surface area contributed by atoms with Gasteiger partial charge in [0.2, 0.25) is 15.9 Å². The lowest BCUT2D eigenvalue weighted by Gasteiger charge is -2.40. The molecule has 0 N–H and O–H groups in total. The van der Waals surface area contributed by atoms with Gasteiger partial charge in [-0.25, -0.2) is 8.42 Å². The molecule has 1 amide bonds. The molecule has 3 aromatic carbocycles. The number of sulfonamides is 1. The third kappa shape index (κ3) is 5.48. The average molecular weight is 478 g/mol. The molecule has 7 heteroatoms. The number of nitrogens with zero attached hydrogens (tertiary/aromatic N) is 3. The zero-order valence-electron chi connectivity index (χ0n) is 19.7. The number of aryl methyl sites for hydroxylation is 1. The monoisotopic (exact) mass is 477 g/mol. The first kappa shape index (κ1) is 24.0. The fourth-order valence-electron chi connectivity index (χ4n) is 4.56. The van der Waals surface area contributed by atoms with Crippen LogP contribution in [0.5, 0.6) is 0 Å². The summed E-state index contributed by atoms with van der Waals surface area (Å²) in [6, 6.07) is 28.2. The molecule has 1 aliphatic rings. The van der Waals surface area contributed by atoms with E-state index in [-0.39, 0.29) is 18.5 Å². The van der Waals surface area contributed by atoms with Gasteiger partial charge in [-0.2, -0.15) is 0 Å². The van der Waals surface area contributed by atoms with Crippen LogP contribution in [0.25, 0.3) is 0 Å². The van der Waals surface area contributed by atoms with Gasteiger partial charge in [-0.05, 0) is 29.7 Å². The van der Waals surface area contributed by atoms with E-state index < -0.39 is 10.0 Å². The van der Waals surface area contributed by atoms with Gasteiger partial charge < -0.3 is 4.90 Å². The van der Waals surface area contributed by atoms with Crippen LogP contribution in [0.15, 0.2) is 84.9 Å². The molecule has 0 aromatic heterocycles. The minimum atomic E-state index is -3.60. The maximum atomic E-state index is 13.2. The molecule has 0 aliphatic carbocycles. The second-order valence-corrected chi connectivity index (χ2v) is 10.6. The fraction of sp³-hybridized carbons (Fsp3) is 0.296. The number of rotatable bonds is 7. The Morgan fingerprint density at radius 2 is 1.32 bits per heavy atom. The summed E-state index contributed by atoms with van der Waals surface area (Å²) in [5.41, 5.74) is 3.80. The molecule has 0 spiro atoms. The largest absolute Gasteiger partial charge is 0.339 e. The summed E-state index contributed by atoms with van der Waals surface area (Å²) in [5.74, 6) is -0.177. The molecule has 178 valence electrons. The highest BCUT2D eigenvalue weighted by atomic mass is 32.2. The van der Waals surface area contributed by atoms with E-state index >= 15 is 0 Å². The molecular formula is C27H31N3O3S. The van der Waals surface area contributed by atoms with E-state index in [1.165, 1.54) is 15.4 Å². The van der Waals surface area contributed by atoms with Crippen LogP contribution in [0, 0.1) is 6.92 Å². The highest BCUT2D eigenvalue weighted by molar-refractivity contribution is 7.92. The first-order chi connectivity index (χ1) is 16.3. The molecule has 1 heterocycles. The maximum absolute atomic E-state index is 13.2. The Morgan fingerprint density at radius 1 is 0.824 bits per heavy atom. The Labute approximate surface area is 202 Å². The van der Waals surface area contributed by atoms with Gasteiger partial charge in [-0.3, -0.25) is 14.0 Å². The fourth-order valence-corrected chi connectivity index (χ4v) is 5.47. The van der Waals surface area contributed by atoms with Gasteiger partial charge in [-0.15, -0.1) is 0 Å². The predicted molar refractivity (Wildman–Crippen MR) is 136 cm³/mol. The van der Waals surface area contributed by atoms with Crippen molar-refractivity contribution >= 4 is 21.6 Å². The van der Waals surface area contributed by atoms with Crippen molar-refractivity contribution in [3.8, 4) is 0 Å². The number of piperazine rings is 1. The molecule has 34 heavy (non-hydrogen) atoms. The van der Waals surface area contributed by atoms with E-state index in [2.05, 4.69) is 53.4 Å². The van der Waals surface area contributed by atoms with Crippen LogP contribution < -0.4 is 4.31 Å². The van der Waals surface area contributed by atoms with Crippen molar-refractivity contribution in [1.29, 1.82) is 0 Å². The number of carbonyl (C=O) groups is 1. The first-order valence-corrected chi connectivity index (χ1v) is 13.3. The van der Waals surface area contributed by atoms with Gasteiger partial charge in [0.15, 0.2) is 0 Å². The van der Waals surface area contributed by atoms with Crippen LogP contribution >= 0.6 is 0 Å². The van der Waals surface area contributed by atoms with Gasteiger partial charge in [0.05, 0.1) is 18.0 Å². The van der Waals surface area contributed by atoms with Crippen molar-refractivity contribution in [1.82, 2.24) is 9.80 Å². The highest BCUT2D eigenvalue weighted by Crippen LogP contribution is 2.29. The molecule has 0 radical (unpaired) electrons. The number of benzene rings is 3. The van der Waals surface area contributed by atoms with Crippen molar-refractivity contribution < 1.29 is 13.2 Å². The second kappa shape index (κ2) is 10.4. The summed E-state index contributed by atoms with van der Waals surface area (Å²) in [4.78, 5) is 17.3. The summed E-state index contributed by atoms with van der Waals surface area (Å²) in [6.45, 7) is 4.20. The SMILES string of the molecule is Cc1ccccc1N(CC(=O)N1CCN(C(c2ccccc2)c2ccccc2)CC1)S(C)(=O)=O. The Kier molecular flexibility index (Phi) is 7.34. The zero-order valence-corrected chi connectivity index (χ0v) is 20.5. The maximum Gasteiger partial charge on any atom is 0.243 e. The molecule has 6 nitrogen and oxygen atoms in total. The van der Waals surface area contributed by atoms with Gasteiger partial charge in [0.25, 0.3) is 0 Å². The number of carbonyl (C=O) groups excluding carboxylic acids is 1. The van der Waals surface area contributed by atoms with Crippen LogP contribution in [-0.2, 0) is 14.8 Å². The number of hydrogen-bond acceptors (Lipinski definition) is 4. The lowest BCUT2D eigenvalue weighted by atomic mass is 9.96. The zero-order chi connectivity index (χ0) is 24.1. The normalized spacial score (nSPS) is 14.9. The number of para-hydroxylation sites is 1. The Hall–Kier alpha value is -3.16. The third-order valence-electron chi connectivity index (χ3n) is 6.33. The highest BCUT2D eigenvalue weighted by Gasteiger charge is 2.30. The molecule has 1 fully saturated rings. The Morgan fingerprint density at radius 3 is 1.82 bits per heavy atom. The summed E-state index contributed by atoms with van der Waals surface area (Å²) in [6.07, 6.45) is 1.15. The summed E-state index contributed by atoms with van der Waals surface area (Å²) in [7, 11) is -3.60. The minimum absolute atomic E-state index is 0.110. The lowest BCUT2D eigenvalue weighted by Crippen LogP contribution is -2.52. The summed E-state index contributed by atoms with van der Waals surface area (Å²) < 4.78 is 26.2. The van der Waals surface area contributed by atoms with Crippen LogP contribution in [0.3, 0.4) is 0 Å². The number of anilines is 1. The van der Waals surface area contributed by atoms with E-state index in [0.717, 1.165) is 11.8 Å². The van der Waals surface area contributed by atoms with E-state index in [1.807, 2.05) is 31.2 Å². The molecule has 0 atom stereocenters. The minimum Gasteiger partial charge on any atom is -0.339 e. The van der Waals surface area contributed by atoms with Crippen molar-refractivity contribution in [2.24, 2.45) is 0 Å². The molecule has 0 unspecified atom stereocenters. The molecule has 3 aromatic rings. The van der Waals surface area contributed by atoms with Crippen LogP contribution in [0.1, 0.15) is 22.7 Å².